The first kappa shape index (κ1) is 14.1. The van der Waals surface area contributed by atoms with E-state index in [0.717, 1.165) is 19.3 Å². The number of fused-ring (bicyclic) bond motifs is 1. The number of benzene rings is 1. The zero-order valence-electron chi connectivity index (χ0n) is 12.0. The molecule has 1 N–H and O–H groups in total. The van der Waals surface area contributed by atoms with Crippen molar-refractivity contribution in [1.29, 1.82) is 0 Å². The van der Waals surface area contributed by atoms with Gasteiger partial charge in [-0.1, -0.05) is 35.9 Å². The maximum Gasteiger partial charge on any atom is 0.273 e. The lowest BCUT2D eigenvalue weighted by atomic mass is 9.88. The fourth-order valence-corrected chi connectivity index (χ4v) is 3.08. The standard InChI is InChI=1S/C16H18ClN3O/c1-2-20-10-13(17)15(19-20)16(21)18-14-9-5-7-11-6-3-4-8-12(11)14/h3-4,6,8,10,14H,2,5,7,9H2,1H3,(H,18,21). The molecule has 5 heteroatoms. The van der Waals surface area contributed by atoms with Gasteiger partial charge in [-0.05, 0) is 37.3 Å². The number of halogens is 1. The van der Waals surface area contributed by atoms with Gasteiger partial charge in [0.2, 0.25) is 0 Å². The normalized spacial score (nSPS) is 17.3. The number of aromatic nitrogens is 2. The van der Waals surface area contributed by atoms with Gasteiger partial charge in [0, 0.05) is 12.7 Å². The van der Waals surface area contributed by atoms with Gasteiger partial charge in [0.05, 0.1) is 11.1 Å². The van der Waals surface area contributed by atoms with E-state index in [9.17, 15) is 4.79 Å². The Balaban J connectivity index is 1.81. The molecule has 1 heterocycles. The quantitative estimate of drug-likeness (QED) is 0.945. The molecule has 3 rings (SSSR count). The fourth-order valence-electron chi connectivity index (χ4n) is 2.84. The molecule has 0 spiro atoms. The Kier molecular flexibility index (Phi) is 3.97. The number of carbonyl (C=O) groups is 1. The van der Waals surface area contributed by atoms with Crippen LogP contribution in [0.25, 0.3) is 0 Å². The zero-order valence-corrected chi connectivity index (χ0v) is 12.7. The van der Waals surface area contributed by atoms with Gasteiger partial charge in [0.1, 0.15) is 0 Å². The number of aryl methyl sites for hydroxylation is 2. The summed E-state index contributed by atoms with van der Waals surface area (Å²) in [5.41, 5.74) is 2.84. The lowest BCUT2D eigenvalue weighted by molar-refractivity contribution is 0.0927. The first-order valence-corrected chi connectivity index (χ1v) is 7.68. The predicted octanol–water partition coefficient (Wildman–Crippen LogP) is 3.36. The average Bonchev–Trinajstić information content (AvgIpc) is 2.89. The largest absolute Gasteiger partial charge is 0.344 e. The SMILES string of the molecule is CCn1cc(Cl)c(C(=O)NC2CCCc3ccccc32)n1. The second-order valence-corrected chi connectivity index (χ2v) is 5.71. The molecule has 0 radical (unpaired) electrons. The van der Waals surface area contributed by atoms with Crippen LogP contribution in [0.3, 0.4) is 0 Å². The lowest BCUT2D eigenvalue weighted by Gasteiger charge is -2.26. The maximum absolute atomic E-state index is 12.4. The third-order valence-electron chi connectivity index (χ3n) is 3.93. The Bertz CT molecular complexity index is 665. The first-order valence-electron chi connectivity index (χ1n) is 7.30. The number of rotatable bonds is 3. The van der Waals surface area contributed by atoms with E-state index in [2.05, 4.69) is 22.5 Å². The topological polar surface area (TPSA) is 46.9 Å². The van der Waals surface area contributed by atoms with Crippen LogP contribution < -0.4 is 5.32 Å². The van der Waals surface area contributed by atoms with Crippen LogP contribution in [-0.4, -0.2) is 15.7 Å². The molecular weight excluding hydrogens is 286 g/mol. The van der Waals surface area contributed by atoms with Crippen molar-refractivity contribution in [1.82, 2.24) is 15.1 Å². The number of amides is 1. The Hall–Kier alpha value is -1.81. The second kappa shape index (κ2) is 5.90. The van der Waals surface area contributed by atoms with E-state index in [0.29, 0.717) is 17.3 Å². The summed E-state index contributed by atoms with van der Waals surface area (Å²) >= 11 is 6.09. The number of hydrogen-bond donors (Lipinski definition) is 1. The van der Waals surface area contributed by atoms with Crippen LogP contribution in [0.1, 0.15) is 47.4 Å². The van der Waals surface area contributed by atoms with E-state index >= 15 is 0 Å². The van der Waals surface area contributed by atoms with Crippen molar-refractivity contribution in [2.45, 2.75) is 38.8 Å². The molecule has 1 aliphatic rings. The minimum Gasteiger partial charge on any atom is -0.344 e. The molecule has 0 aliphatic heterocycles. The van der Waals surface area contributed by atoms with Crippen LogP contribution in [0.5, 0.6) is 0 Å². The molecule has 4 nitrogen and oxygen atoms in total. The molecular formula is C16H18ClN3O. The molecule has 0 saturated carbocycles. The van der Waals surface area contributed by atoms with Gasteiger partial charge in [-0.2, -0.15) is 5.10 Å². The maximum atomic E-state index is 12.4. The number of hydrogen-bond acceptors (Lipinski definition) is 2. The summed E-state index contributed by atoms with van der Waals surface area (Å²) in [4.78, 5) is 12.4. The highest BCUT2D eigenvalue weighted by Gasteiger charge is 2.24. The summed E-state index contributed by atoms with van der Waals surface area (Å²) in [6.45, 7) is 2.65. The predicted molar refractivity (Wildman–Crippen MR) is 82.5 cm³/mol. The van der Waals surface area contributed by atoms with E-state index in [1.807, 2.05) is 19.1 Å². The number of nitrogens with zero attached hydrogens (tertiary/aromatic N) is 2. The first-order chi connectivity index (χ1) is 10.2. The van der Waals surface area contributed by atoms with Crippen LogP contribution in [0, 0.1) is 0 Å². The molecule has 21 heavy (non-hydrogen) atoms. The highest BCUT2D eigenvalue weighted by molar-refractivity contribution is 6.33. The molecule has 1 amide bonds. The van der Waals surface area contributed by atoms with E-state index < -0.39 is 0 Å². The van der Waals surface area contributed by atoms with Gasteiger partial charge in [0.15, 0.2) is 5.69 Å². The van der Waals surface area contributed by atoms with Crippen molar-refractivity contribution >= 4 is 17.5 Å². The third-order valence-corrected chi connectivity index (χ3v) is 4.21. The highest BCUT2D eigenvalue weighted by Crippen LogP contribution is 2.29. The van der Waals surface area contributed by atoms with Gasteiger partial charge in [-0.25, -0.2) is 0 Å². The summed E-state index contributed by atoms with van der Waals surface area (Å²) in [6, 6.07) is 8.33. The van der Waals surface area contributed by atoms with Crippen molar-refractivity contribution in [2.24, 2.45) is 0 Å². The fraction of sp³-hybridized carbons (Fsp3) is 0.375. The smallest absolute Gasteiger partial charge is 0.273 e. The Labute approximate surface area is 129 Å². The lowest BCUT2D eigenvalue weighted by Crippen LogP contribution is -2.31. The van der Waals surface area contributed by atoms with Gasteiger partial charge < -0.3 is 5.32 Å². The summed E-state index contributed by atoms with van der Waals surface area (Å²) in [5.74, 6) is -0.200. The third kappa shape index (κ3) is 2.81. The summed E-state index contributed by atoms with van der Waals surface area (Å²) in [7, 11) is 0. The average molecular weight is 304 g/mol. The zero-order chi connectivity index (χ0) is 14.8. The minimum atomic E-state index is -0.200. The molecule has 110 valence electrons. The van der Waals surface area contributed by atoms with Crippen LogP contribution >= 0.6 is 11.6 Å². The van der Waals surface area contributed by atoms with Crippen molar-refractivity contribution in [3.05, 3.63) is 52.3 Å². The van der Waals surface area contributed by atoms with Crippen LogP contribution in [0.2, 0.25) is 5.02 Å². The van der Waals surface area contributed by atoms with E-state index in [4.69, 9.17) is 11.6 Å². The summed E-state index contributed by atoms with van der Waals surface area (Å²) in [5, 5.41) is 7.69. The number of carbonyl (C=O) groups excluding carboxylic acids is 1. The van der Waals surface area contributed by atoms with Gasteiger partial charge >= 0.3 is 0 Å². The van der Waals surface area contributed by atoms with Gasteiger partial charge in [-0.15, -0.1) is 0 Å². The minimum absolute atomic E-state index is 0.0466. The Morgan fingerprint density at radius 3 is 3.05 bits per heavy atom. The number of nitrogens with one attached hydrogen (secondary N) is 1. The monoisotopic (exact) mass is 303 g/mol. The molecule has 2 aromatic rings. The molecule has 1 unspecified atom stereocenters. The van der Waals surface area contributed by atoms with Crippen LogP contribution in [0.4, 0.5) is 0 Å². The van der Waals surface area contributed by atoms with Crippen molar-refractivity contribution in [3.8, 4) is 0 Å². The molecule has 1 aromatic carbocycles. The van der Waals surface area contributed by atoms with E-state index in [-0.39, 0.29) is 11.9 Å². The molecule has 1 aliphatic carbocycles. The summed E-state index contributed by atoms with van der Waals surface area (Å²) in [6.07, 6.45) is 4.80. The van der Waals surface area contributed by atoms with Crippen LogP contribution in [-0.2, 0) is 13.0 Å². The summed E-state index contributed by atoms with van der Waals surface area (Å²) < 4.78 is 1.67. The van der Waals surface area contributed by atoms with Gasteiger partial charge in [0.25, 0.3) is 5.91 Å². The molecule has 0 saturated heterocycles. The molecule has 1 aromatic heterocycles. The molecule has 0 fully saturated rings. The van der Waals surface area contributed by atoms with Crippen molar-refractivity contribution in [2.75, 3.05) is 0 Å². The van der Waals surface area contributed by atoms with E-state index in [1.54, 1.807) is 10.9 Å². The highest BCUT2D eigenvalue weighted by atomic mass is 35.5. The second-order valence-electron chi connectivity index (χ2n) is 5.30. The van der Waals surface area contributed by atoms with Crippen molar-refractivity contribution in [3.63, 3.8) is 0 Å². The van der Waals surface area contributed by atoms with Crippen molar-refractivity contribution < 1.29 is 4.79 Å². The van der Waals surface area contributed by atoms with E-state index in [1.165, 1.54) is 11.1 Å². The Morgan fingerprint density at radius 1 is 1.48 bits per heavy atom. The van der Waals surface area contributed by atoms with Crippen LogP contribution in [0.15, 0.2) is 30.5 Å². The molecule has 1 atom stereocenters. The molecule has 0 bridgehead atoms. The van der Waals surface area contributed by atoms with Gasteiger partial charge in [-0.3, -0.25) is 9.48 Å². The Morgan fingerprint density at radius 2 is 2.29 bits per heavy atom.